The number of imidazole rings is 1. The van der Waals surface area contributed by atoms with Crippen LogP contribution >= 0.6 is 0 Å². The van der Waals surface area contributed by atoms with E-state index in [-0.39, 0.29) is 5.78 Å². The molecule has 0 aliphatic heterocycles. The van der Waals surface area contributed by atoms with Gasteiger partial charge in [-0.05, 0) is 17.9 Å². The highest BCUT2D eigenvalue weighted by molar-refractivity contribution is 6.06. The molecule has 0 fully saturated rings. The van der Waals surface area contributed by atoms with Gasteiger partial charge in [-0.3, -0.25) is 4.79 Å². The third-order valence-corrected chi connectivity index (χ3v) is 2.88. The highest BCUT2D eigenvalue weighted by Gasteiger charge is 2.13. The van der Waals surface area contributed by atoms with Crippen molar-refractivity contribution in [1.29, 1.82) is 0 Å². The number of benzene rings is 1. The van der Waals surface area contributed by atoms with Gasteiger partial charge in [-0.15, -0.1) is 0 Å². The Balaban J connectivity index is 2.20. The maximum atomic E-state index is 12.2. The summed E-state index contributed by atoms with van der Waals surface area (Å²) in [5, 5.41) is 0. The number of hydrogen-bond acceptors (Lipinski definition) is 2. The molecule has 0 atom stereocenters. The Kier molecular flexibility index (Phi) is 3.60. The van der Waals surface area contributed by atoms with Crippen LogP contribution in [-0.4, -0.2) is 15.3 Å². The molecule has 0 radical (unpaired) electrons. The first kappa shape index (κ1) is 12.6. The van der Waals surface area contributed by atoms with Crippen LogP contribution in [0, 0.1) is 5.92 Å². The molecular weight excluding hydrogens is 224 g/mol. The van der Waals surface area contributed by atoms with E-state index in [4.69, 9.17) is 0 Å². The normalized spacial score (nSPS) is 10.9. The second-order valence-electron chi connectivity index (χ2n) is 4.99. The summed E-state index contributed by atoms with van der Waals surface area (Å²) in [4.78, 5) is 16.3. The van der Waals surface area contributed by atoms with Crippen LogP contribution in [0.5, 0.6) is 0 Å². The van der Waals surface area contributed by atoms with Crippen molar-refractivity contribution in [3.8, 4) is 0 Å². The molecule has 0 saturated carbocycles. The van der Waals surface area contributed by atoms with Gasteiger partial charge < -0.3 is 4.57 Å². The Morgan fingerprint density at radius 1 is 1.28 bits per heavy atom. The average Bonchev–Trinajstić information content (AvgIpc) is 2.75. The van der Waals surface area contributed by atoms with E-state index in [1.54, 1.807) is 17.0 Å². The van der Waals surface area contributed by atoms with Gasteiger partial charge in [0.1, 0.15) is 0 Å². The quantitative estimate of drug-likeness (QED) is 0.773. The first-order valence-corrected chi connectivity index (χ1v) is 6.19. The maximum Gasteiger partial charge on any atom is 0.228 e. The number of hydrogen-bond donors (Lipinski definition) is 0. The molecule has 3 heteroatoms. The molecule has 0 aliphatic carbocycles. The Morgan fingerprint density at radius 2 is 1.94 bits per heavy atom. The Morgan fingerprint density at radius 3 is 2.44 bits per heavy atom. The van der Waals surface area contributed by atoms with Crippen molar-refractivity contribution in [1.82, 2.24) is 9.55 Å². The monoisotopic (exact) mass is 242 g/mol. The Hall–Kier alpha value is -1.90. The molecule has 0 unspecified atom stereocenters. The smallest absolute Gasteiger partial charge is 0.228 e. The van der Waals surface area contributed by atoms with Crippen LogP contribution in [0.25, 0.3) is 0 Å². The van der Waals surface area contributed by atoms with Crippen LogP contribution in [-0.2, 0) is 13.5 Å². The van der Waals surface area contributed by atoms with Crippen LogP contribution in [0.3, 0.4) is 0 Å². The minimum Gasteiger partial charge on any atom is -0.331 e. The summed E-state index contributed by atoms with van der Waals surface area (Å²) in [5.74, 6) is 1.08. The highest BCUT2D eigenvalue weighted by Crippen LogP contribution is 2.12. The van der Waals surface area contributed by atoms with E-state index in [2.05, 4.69) is 18.8 Å². The fourth-order valence-electron chi connectivity index (χ4n) is 1.98. The summed E-state index contributed by atoms with van der Waals surface area (Å²) in [6, 6.07) is 7.82. The SMILES string of the molecule is CC(C)Cc1ccc(C(=O)c2nccn2C)cc1. The summed E-state index contributed by atoms with van der Waals surface area (Å²) in [5.41, 5.74) is 1.96. The molecular formula is C15H18N2O. The van der Waals surface area contributed by atoms with E-state index < -0.39 is 0 Å². The molecule has 3 nitrogen and oxygen atoms in total. The minimum atomic E-state index is -0.0291. The third kappa shape index (κ3) is 2.67. The summed E-state index contributed by atoms with van der Waals surface area (Å²) in [6.45, 7) is 4.37. The molecule has 0 N–H and O–H groups in total. The minimum absolute atomic E-state index is 0.0291. The highest BCUT2D eigenvalue weighted by atomic mass is 16.1. The number of carbonyl (C=O) groups is 1. The van der Waals surface area contributed by atoms with Crippen LogP contribution in [0.15, 0.2) is 36.7 Å². The van der Waals surface area contributed by atoms with Crippen molar-refractivity contribution >= 4 is 5.78 Å². The van der Waals surface area contributed by atoms with Crippen LogP contribution in [0.1, 0.15) is 35.6 Å². The number of rotatable bonds is 4. The molecule has 1 heterocycles. The van der Waals surface area contributed by atoms with E-state index in [1.165, 1.54) is 5.56 Å². The second kappa shape index (κ2) is 5.17. The number of carbonyl (C=O) groups excluding carboxylic acids is 1. The van der Waals surface area contributed by atoms with Crippen LogP contribution in [0.4, 0.5) is 0 Å². The molecule has 2 aromatic rings. The number of aryl methyl sites for hydroxylation is 1. The number of nitrogens with zero attached hydrogens (tertiary/aromatic N) is 2. The van der Waals surface area contributed by atoms with Gasteiger partial charge in [-0.2, -0.15) is 0 Å². The van der Waals surface area contributed by atoms with E-state index in [9.17, 15) is 4.79 Å². The zero-order valence-corrected chi connectivity index (χ0v) is 11.1. The zero-order valence-electron chi connectivity index (χ0n) is 11.1. The first-order chi connectivity index (χ1) is 8.58. The predicted octanol–water partition coefficient (Wildman–Crippen LogP) is 2.85. The van der Waals surface area contributed by atoms with E-state index in [0.29, 0.717) is 17.3 Å². The van der Waals surface area contributed by atoms with E-state index in [0.717, 1.165) is 6.42 Å². The second-order valence-corrected chi connectivity index (χ2v) is 4.99. The molecule has 18 heavy (non-hydrogen) atoms. The van der Waals surface area contributed by atoms with Gasteiger partial charge in [0.25, 0.3) is 0 Å². The van der Waals surface area contributed by atoms with Crippen LogP contribution < -0.4 is 0 Å². The fraction of sp³-hybridized carbons (Fsp3) is 0.333. The Labute approximate surface area is 107 Å². The molecule has 0 amide bonds. The molecule has 0 spiro atoms. The van der Waals surface area contributed by atoms with Gasteiger partial charge >= 0.3 is 0 Å². The predicted molar refractivity (Wildman–Crippen MR) is 71.6 cm³/mol. The molecule has 0 saturated heterocycles. The summed E-state index contributed by atoms with van der Waals surface area (Å²) in [7, 11) is 1.83. The van der Waals surface area contributed by atoms with E-state index >= 15 is 0 Å². The number of aromatic nitrogens is 2. The van der Waals surface area contributed by atoms with Gasteiger partial charge in [0.05, 0.1) is 0 Å². The standard InChI is InChI=1S/C15H18N2O/c1-11(2)10-12-4-6-13(7-5-12)14(18)15-16-8-9-17(15)3/h4-9,11H,10H2,1-3H3. The fourth-order valence-corrected chi connectivity index (χ4v) is 1.98. The van der Waals surface area contributed by atoms with Gasteiger partial charge in [0, 0.05) is 25.0 Å². The largest absolute Gasteiger partial charge is 0.331 e. The van der Waals surface area contributed by atoms with Gasteiger partial charge in [-0.25, -0.2) is 4.98 Å². The maximum absolute atomic E-state index is 12.2. The third-order valence-electron chi connectivity index (χ3n) is 2.88. The van der Waals surface area contributed by atoms with Crippen molar-refractivity contribution in [2.24, 2.45) is 13.0 Å². The first-order valence-electron chi connectivity index (χ1n) is 6.19. The van der Waals surface area contributed by atoms with Crippen molar-refractivity contribution < 1.29 is 4.79 Å². The van der Waals surface area contributed by atoms with Crippen LogP contribution in [0.2, 0.25) is 0 Å². The average molecular weight is 242 g/mol. The molecule has 2 rings (SSSR count). The summed E-state index contributed by atoms with van der Waals surface area (Å²) in [6.07, 6.45) is 4.46. The lowest BCUT2D eigenvalue weighted by molar-refractivity contribution is 0.102. The molecule has 1 aromatic carbocycles. The lowest BCUT2D eigenvalue weighted by Gasteiger charge is -2.06. The van der Waals surface area contributed by atoms with Gasteiger partial charge in [0.2, 0.25) is 5.78 Å². The molecule has 94 valence electrons. The van der Waals surface area contributed by atoms with Crippen molar-refractivity contribution in [3.63, 3.8) is 0 Å². The van der Waals surface area contributed by atoms with Gasteiger partial charge in [-0.1, -0.05) is 38.1 Å². The Bertz CT molecular complexity index is 538. The molecule has 0 bridgehead atoms. The summed E-state index contributed by atoms with van der Waals surface area (Å²) < 4.78 is 1.74. The topological polar surface area (TPSA) is 34.9 Å². The lowest BCUT2D eigenvalue weighted by atomic mass is 10.0. The summed E-state index contributed by atoms with van der Waals surface area (Å²) >= 11 is 0. The van der Waals surface area contributed by atoms with Crippen molar-refractivity contribution in [3.05, 3.63) is 53.6 Å². The zero-order chi connectivity index (χ0) is 13.1. The molecule has 0 aliphatic rings. The van der Waals surface area contributed by atoms with E-state index in [1.807, 2.05) is 31.3 Å². The number of ketones is 1. The van der Waals surface area contributed by atoms with Crippen molar-refractivity contribution in [2.45, 2.75) is 20.3 Å². The van der Waals surface area contributed by atoms with Crippen molar-refractivity contribution in [2.75, 3.05) is 0 Å². The molecule has 1 aromatic heterocycles. The van der Waals surface area contributed by atoms with Gasteiger partial charge in [0.15, 0.2) is 5.82 Å². The lowest BCUT2D eigenvalue weighted by Crippen LogP contribution is -2.08.